The zero-order chi connectivity index (χ0) is 21.5. The zero-order valence-electron chi connectivity index (χ0n) is 15.1. The fourth-order valence-corrected chi connectivity index (χ4v) is 4.41. The van der Waals surface area contributed by atoms with Gasteiger partial charge in [-0.2, -0.15) is 0 Å². The molecule has 4 aromatic rings. The Morgan fingerprint density at radius 2 is 1.60 bits per heavy atom. The smallest absolute Gasteiger partial charge is 0.279 e. The summed E-state index contributed by atoms with van der Waals surface area (Å²) in [6.07, 6.45) is 1.58. The summed E-state index contributed by atoms with van der Waals surface area (Å²) < 4.78 is 28.3. The van der Waals surface area contributed by atoms with Gasteiger partial charge in [0.1, 0.15) is 0 Å². The van der Waals surface area contributed by atoms with E-state index in [0.29, 0.717) is 17.0 Å². The number of nitro benzene ring substituents is 2. The van der Waals surface area contributed by atoms with Crippen LogP contribution >= 0.6 is 0 Å². The first-order valence-electron chi connectivity index (χ1n) is 8.50. The van der Waals surface area contributed by atoms with Gasteiger partial charge in [-0.05, 0) is 23.6 Å². The highest BCUT2D eigenvalue weighted by Gasteiger charge is 2.29. The molecule has 0 aliphatic heterocycles. The Balaban J connectivity index is 1.89. The van der Waals surface area contributed by atoms with E-state index < -0.39 is 36.1 Å². The number of fused-ring (bicyclic) bond motifs is 3. The summed E-state index contributed by atoms with van der Waals surface area (Å²) in [6.45, 7) is 0. The van der Waals surface area contributed by atoms with E-state index in [9.17, 15) is 28.6 Å². The van der Waals surface area contributed by atoms with Crippen molar-refractivity contribution in [2.24, 2.45) is 0 Å². The minimum atomic E-state index is -4.43. The molecular formula is C19H12N4O6S. The lowest BCUT2D eigenvalue weighted by atomic mass is 10.0. The summed E-state index contributed by atoms with van der Waals surface area (Å²) in [4.78, 5) is 24.1. The molecule has 11 heteroatoms. The van der Waals surface area contributed by atoms with E-state index in [-0.39, 0.29) is 5.69 Å². The lowest BCUT2D eigenvalue weighted by molar-refractivity contribution is -0.396. The van der Waals surface area contributed by atoms with Gasteiger partial charge in [-0.15, -0.1) is 0 Å². The maximum atomic E-state index is 13.0. The molecule has 1 heterocycles. The molecule has 1 aromatic heterocycles. The molecule has 0 saturated carbocycles. The second-order valence-corrected chi connectivity index (χ2v) is 7.97. The van der Waals surface area contributed by atoms with Gasteiger partial charge in [0, 0.05) is 23.0 Å². The molecule has 0 bridgehead atoms. The van der Waals surface area contributed by atoms with Gasteiger partial charge in [0.25, 0.3) is 21.4 Å². The summed E-state index contributed by atoms with van der Waals surface area (Å²) in [5.74, 6) is 0. The average molecular weight is 424 g/mol. The van der Waals surface area contributed by atoms with E-state index in [2.05, 4.69) is 9.71 Å². The molecule has 30 heavy (non-hydrogen) atoms. The summed E-state index contributed by atoms with van der Waals surface area (Å²) >= 11 is 0. The van der Waals surface area contributed by atoms with Crippen molar-refractivity contribution in [2.45, 2.75) is 4.90 Å². The fraction of sp³-hybridized carbons (Fsp3) is 0. The van der Waals surface area contributed by atoms with Gasteiger partial charge < -0.3 is 0 Å². The van der Waals surface area contributed by atoms with E-state index in [1.807, 2.05) is 18.2 Å². The van der Waals surface area contributed by atoms with Crippen LogP contribution in [0.4, 0.5) is 17.1 Å². The SMILES string of the molecule is O=[N+]([O-])c1ccc(S(=O)(=O)Nc2cccc3ccc4cccnc4c23)c([N+](=O)[O-])c1. The van der Waals surface area contributed by atoms with Gasteiger partial charge in [-0.25, -0.2) is 8.42 Å². The van der Waals surface area contributed by atoms with Crippen molar-refractivity contribution in [3.63, 3.8) is 0 Å². The van der Waals surface area contributed by atoms with E-state index in [1.165, 1.54) is 6.07 Å². The second kappa shape index (κ2) is 7.04. The third-order valence-electron chi connectivity index (χ3n) is 4.50. The number of hydrogen-bond donors (Lipinski definition) is 1. The molecule has 0 amide bonds. The Bertz CT molecular complexity index is 1450. The number of non-ortho nitro benzene ring substituents is 1. The van der Waals surface area contributed by atoms with Gasteiger partial charge in [-0.1, -0.05) is 30.3 Å². The Labute approximate surface area is 169 Å². The molecular weight excluding hydrogens is 412 g/mol. The maximum Gasteiger partial charge on any atom is 0.296 e. The largest absolute Gasteiger partial charge is 0.296 e. The van der Waals surface area contributed by atoms with E-state index in [0.717, 1.165) is 22.9 Å². The van der Waals surface area contributed by atoms with Crippen LogP contribution in [0.25, 0.3) is 21.7 Å². The lowest BCUT2D eigenvalue weighted by Crippen LogP contribution is -2.15. The number of pyridine rings is 1. The van der Waals surface area contributed by atoms with Gasteiger partial charge in [0.05, 0.1) is 27.1 Å². The van der Waals surface area contributed by atoms with Crippen LogP contribution in [0.5, 0.6) is 0 Å². The number of rotatable bonds is 5. The number of nitrogens with one attached hydrogen (secondary N) is 1. The van der Waals surface area contributed by atoms with Crippen molar-refractivity contribution in [2.75, 3.05) is 4.72 Å². The van der Waals surface area contributed by atoms with Gasteiger partial charge in [0.15, 0.2) is 4.90 Å². The van der Waals surface area contributed by atoms with Crippen LogP contribution in [0.15, 0.2) is 71.8 Å². The van der Waals surface area contributed by atoms with Crippen LogP contribution in [0.3, 0.4) is 0 Å². The standard InChI is InChI=1S/C19H12N4O6S/c24-22(25)14-8-9-17(16(11-14)23(26)27)30(28,29)21-15-5-1-3-12-6-7-13-4-2-10-20-19(13)18(12)15/h1-11,21H. The molecule has 0 aliphatic rings. The first-order chi connectivity index (χ1) is 14.3. The first-order valence-corrected chi connectivity index (χ1v) is 9.98. The molecule has 0 fully saturated rings. The number of aromatic nitrogens is 1. The highest BCUT2D eigenvalue weighted by atomic mass is 32.2. The number of hydrogen-bond acceptors (Lipinski definition) is 7. The second-order valence-electron chi connectivity index (χ2n) is 6.32. The van der Waals surface area contributed by atoms with Gasteiger partial charge in [0.2, 0.25) is 0 Å². The van der Waals surface area contributed by atoms with Crippen LogP contribution in [0.1, 0.15) is 0 Å². The molecule has 150 valence electrons. The van der Waals surface area contributed by atoms with Crippen molar-refractivity contribution in [3.8, 4) is 0 Å². The summed E-state index contributed by atoms with van der Waals surface area (Å²) in [7, 11) is -4.43. The summed E-state index contributed by atoms with van der Waals surface area (Å²) in [5, 5.41) is 24.3. The molecule has 0 saturated heterocycles. The summed E-state index contributed by atoms with van der Waals surface area (Å²) in [5.41, 5.74) is -0.725. The normalized spacial score (nSPS) is 11.5. The summed E-state index contributed by atoms with van der Waals surface area (Å²) in [6, 6.07) is 14.6. The number of anilines is 1. The van der Waals surface area contributed by atoms with Crippen LogP contribution in [-0.4, -0.2) is 23.2 Å². The number of sulfonamides is 1. The molecule has 0 aliphatic carbocycles. The minimum absolute atomic E-state index is 0.185. The van der Waals surface area contributed by atoms with Gasteiger partial charge in [-0.3, -0.25) is 29.9 Å². The predicted molar refractivity (Wildman–Crippen MR) is 110 cm³/mol. The molecule has 3 aromatic carbocycles. The topological polar surface area (TPSA) is 145 Å². The molecule has 0 atom stereocenters. The number of benzene rings is 3. The molecule has 0 spiro atoms. The van der Waals surface area contributed by atoms with Crippen LogP contribution in [-0.2, 0) is 10.0 Å². The van der Waals surface area contributed by atoms with Crippen LogP contribution in [0.2, 0.25) is 0 Å². The highest BCUT2D eigenvalue weighted by molar-refractivity contribution is 7.92. The number of nitro groups is 2. The molecule has 0 radical (unpaired) electrons. The third kappa shape index (κ3) is 3.26. The van der Waals surface area contributed by atoms with E-state index in [4.69, 9.17) is 0 Å². The van der Waals surface area contributed by atoms with E-state index >= 15 is 0 Å². The number of nitrogens with zero attached hydrogens (tertiary/aromatic N) is 3. The Morgan fingerprint density at radius 3 is 2.33 bits per heavy atom. The monoisotopic (exact) mass is 424 g/mol. The Morgan fingerprint density at radius 1 is 0.867 bits per heavy atom. The molecule has 10 nitrogen and oxygen atoms in total. The first kappa shape index (κ1) is 19.2. The highest BCUT2D eigenvalue weighted by Crippen LogP contribution is 2.34. The van der Waals surface area contributed by atoms with Crippen molar-refractivity contribution in [3.05, 3.63) is 87.1 Å². The predicted octanol–water partition coefficient (Wildman–Crippen LogP) is 4.01. The molecule has 1 N–H and O–H groups in total. The maximum absolute atomic E-state index is 13.0. The van der Waals surface area contributed by atoms with E-state index in [1.54, 1.807) is 24.4 Å². The van der Waals surface area contributed by atoms with Crippen molar-refractivity contribution < 1.29 is 18.3 Å². The molecule has 0 unspecified atom stereocenters. The van der Waals surface area contributed by atoms with Crippen molar-refractivity contribution in [1.82, 2.24) is 4.98 Å². The van der Waals surface area contributed by atoms with Crippen molar-refractivity contribution >= 4 is 48.8 Å². The van der Waals surface area contributed by atoms with Crippen molar-refractivity contribution in [1.29, 1.82) is 0 Å². The van der Waals surface area contributed by atoms with Gasteiger partial charge >= 0.3 is 0 Å². The third-order valence-corrected chi connectivity index (χ3v) is 5.91. The lowest BCUT2D eigenvalue weighted by Gasteiger charge is -2.12. The minimum Gasteiger partial charge on any atom is -0.279 e. The Kier molecular flexibility index (Phi) is 4.51. The molecule has 4 rings (SSSR count). The quantitative estimate of drug-likeness (QED) is 0.289. The Hall–Kier alpha value is -4.12. The fourth-order valence-electron chi connectivity index (χ4n) is 3.19. The van der Waals surface area contributed by atoms with Crippen LogP contribution < -0.4 is 4.72 Å². The zero-order valence-corrected chi connectivity index (χ0v) is 15.9. The average Bonchev–Trinajstić information content (AvgIpc) is 2.72. The van der Waals surface area contributed by atoms with Crippen LogP contribution in [0, 0.1) is 20.2 Å².